The SMILES string of the molecule is C[C@@H](NCC(O)c1ccc(F)cc1F)c1ccco1. The Morgan fingerprint density at radius 3 is 2.74 bits per heavy atom. The summed E-state index contributed by atoms with van der Waals surface area (Å²) >= 11 is 0. The van der Waals surface area contributed by atoms with E-state index < -0.39 is 17.7 Å². The van der Waals surface area contributed by atoms with E-state index in [9.17, 15) is 13.9 Å². The van der Waals surface area contributed by atoms with Gasteiger partial charge in [0.2, 0.25) is 0 Å². The van der Waals surface area contributed by atoms with Crippen LogP contribution in [0.4, 0.5) is 8.78 Å². The molecule has 19 heavy (non-hydrogen) atoms. The maximum atomic E-state index is 13.5. The number of benzene rings is 1. The maximum absolute atomic E-state index is 13.5. The molecule has 3 nitrogen and oxygen atoms in total. The van der Waals surface area contributed by atoms with Crippen molar-refractivity contribution < 1.29 is 18.3 Å². The lowest BCUT2D eigenvalue weighted by molar-refractivity contribution is 0.164. The first-order chi connectivity index (χ1) is 9.08. The summed E-state index contributed by atoms with van der Waals surface area (Å²) in [6, 6.07) is 6.60. The van der Waals surface area contributed by atoms with E-state index in [0.717, 1.165) is 17.9 Å². The second kappa shape index (κ2) is 5.95. The Hall–Kier alpha value is -1.72. The molecular formula is C14H15F2NO2. The quantitative estimate of drug-likeness (QED) is 0.875. The van der Waals surface area contributed by atoms with Gasteiger partial charge in [0.05, 0.1) is 18.4 Å². The van der Waals surface area contributed by atoms with Crippen LogP contribution in [0.15, 0.2) is 41.0 Å². The fourth-order valence-corrected chi connectivity index (χ4v) is 1.81. The molecule has 0 radical (unpaired) electrons. The Bertz CT molecular complexity index is 528. The molecule has 2 aromatic rings. The average Bonchev–Trinajstić information content (AvgIpc) is 2.89. The Morgan fingerprint density at radius 1 is 1.32 bits per heavy atom. The van der Waals surface area contributed by atoms with Gasteiger partial charge in [0.25, 0.3) is 0 Å². The first-order valence-electron chi connectivity index (χ1n) is 5.97. The van der Waals surface area contributed by atoms with E-state index in [1.54, 1.807) is 12.3 Å². The predicted octanol–water partition coefficient (Wildman–Crippen LogP) is 2.94. The molecule has 2 N–H and O–H groups in total. The van der Waals surface area contributed by atoms with Crippen LogP contribution in [-0.4, -0.2) is 11.7 Å². The molecule has 0 spiro atoms. The van der Waals surface area contributed by atoms with Crippen LogP contribution in [-0.2, 0) is 0 Å². The Morgan fingerprint density at radius 2 is 2.11 bits per heavy atom. The van der Waals surface area contributed by atoms with E-state index >= 15 is 0 Å². The third-order valence-electron chi connectivity index (χ3n) is 2.91. The molecule has 2 atom stereocenters. The summed E-state index contributed by atoms with van der Waals surface area (Å²) in [6.45, 7) is 2.01. The molecule has 1 heterocycles. The van der Waals surface area contributed by atoms with Crippen molar-refractivity contribution in [1.82, 2.24) is 5.32 Å². The molecule has 0 bridgehead atoms. The molecule has 0 aliphatic carbocycles. The fraction of sp³-hybridized carbons (Fsp3) is 0.286. The zero-order chi connectivity index (χ0) is 13.8. The van der Waals surface area contributed by atoms with Gasteiger partial charge < -0.3 is 14.8 Å². The van der Waals surface area contributed by atoms with E-state index in [1.807, 2.05) is 13.0 Å². The van der Waals surface area contributed by atoms with Gasteiger partial charge in [-0.1, -0.05) is 6.07 Å². The van der Waals surface area contributed by atoms with E-state index in [-0.39, 0.29) is 18.2 Å². The smallest absolute Gasteiger partial charge is 0.131 e. The van der Waals surface area contributed by atoms with Crippen LogP contribution in [0.2, 0.25) is 0 Å². The molecule has 1 aromatic heterocycles. The van der Waals surface area contributed by atoms with Crippen LogP contribution in [0, 0.1) is 11.6 Å². The Kier molecular flexibility index (Phi) is 4.29. The highest BCUT2D eigenvalue weighted by molar-refractivity contribution is 5.21. The van der Waals surface area contributed by atoms with Crippen LogP contribution < -0.4 is 5.32 Å². The summed E-state index contributed by atoms with van der Waals surface area (Å²) in [6.07, 6.45) is 0.516. The molecule has 2 rings (SSSR count). The molecule has 0 aliphatic heterocycles. The lowest BCUT2D eigenvalue weighted by atomic mass is 10.1. The monoisotopic (exact) mass is 267 g/mol. The van der Waals surface area contributed by atoms with Crippen LogP contribution in [0.25, 0.3) is 0 Å². The molecule has 1 unspecified atom stereocenters. The molecule has 0 fully saturated rings. The summed E-state index contributed by atoms with van der Waals surface area (Å²) in [7, 11) is 0. The first kappa shape index (κ1) is 13.7. The van der Waals surface area contributed by atoms with E-state index in [4.69, 9.17) is 4.42 Å². The van der Waals surface area contributed by atoms with Gasteiger partial charge in [-0.3, -0.25) is 0 Å². The van der Waals surface area contributed by atoms with Gasteiger partial charge in [0.15, 0.2) is 0 Å². The normalized spacial score (nSPS) is 14.3. The molecule has 1 aromatic carbocycles. The standard InChI is InChI=1S/C14H15F2NO2/c1-9(14-3-2-6-19-14)17-8-13(18)11-5-4-10(15)7-12(11)16/h2-7,9,13,17-18H,8H2,1H3/t9-,13?/m1/s1. The summed E-state index contributed by atoms with van der Waals surface area (Å²) in [5.41, 5.74) is 0.0699. The van der Waals surface area contributed by atoms with Gasteiger partial charge in [0, 0.05) is 18.2 Å². The number of nitrogens with one attached hydrogen (secondary N) is 1. The Labute approximate surface area is 109 Å². The largest absolute Gasteiger partial charge is 0.468 e. The second-order valence-electron chi connectivity index (χ2n) is 4.33. The number of aliphatic hydroxyl groups excluding tert-OH is 1. The minimum Gasteiger partial charge on any atom is -0.468 e. The second-order valence-corrected chi connectivity index (χ2v) is 4.33. The van der Waals surface area contributed by atoms with Gasteiger partial charge in [-0.05, 0) is 25.1 Å². The lowest BCUT2D eigenvalue weighted by Gasteiger charge is -2.16. The zero-order valence-corrected chi connectivity index (χ0v) is 10.4. The van der Waals surface area contributed by atoms with Crippen LogP contribution >= 0.6 is 0 Å². The molecule has 5 heteroatoms. The van der Waals surface area contributed by atoms with Gasteiger partial charge in [-0.15, -0.1) is 0 Å². The molecule has 0 saturated heterocycles. The van der Waals surface area contributed by atoms with Gasteiger partial charge in [0.1, 0.15) is 17.4 Å². The van der Waals surface area contributed by atoms with Crippen LogP contribution in [0.5, 0.6) is 0 Å². The molecular weight excluding hydrogens is 252 g/mol. The number of halogens is 2. The number of aliphatic hydroxyl groups is 1. The van der Waals surface area contributed by atoms with Gasteiger partial charge in [-0.2, -0.15) is 0 Å². The number of furan rings is 1. The third-order valence-corrected chi connectivity index (χ3v) is 2.91. The highest BCUT2D eigenvalue weighted by atomic mass is 19.1. The number of hydrogen-bond donors (Lipinski definition) is 2. The third kappa shape index (κ3) is 3.39. The molecule has 0 aliphatic rings. The van der Waals surface area contributed by atoms with Crippen molar-refractivity contribution in [2.75, 3.05) is 6.54 Å². The van der Waals surface area contributed by atoms with Crippen molar-refractivity contribution in [3.05, 3.63) is 59.6 Å². The summed E-state index contributed by atoms with van der Waals surface area (Å²) in [5.74, 6) is -0.683. The van der Waals surface area contributed by atoms with E-state index in [1.165, 1.54) is 6.07 Å². The minimum absolute atomic E-state index is 0.0699. The molecule has 0 amide bonds. The van der Waals surface area contributed by atoms with Crippen LogP contribution in [0.1, 0.15) is 30.4 Å². The van der Waals surface area contributed by atoms with Crippen molar-refractivity contribution >= 4 is 0 Å². The van der Waals surface area contributed by atoms with Crippen LogP contribution in [0.3, 0.4) is 0 Å². The lowest BCUT2D eigenvalue weighted by Crippen LogP contribution is -2.24. The highest BCUT2D eigenvalue weighted by Gasteiger charge is 2.15. The zero-order valence-electron chi connectivity index (χ0n) is 10.4. The summed E-state index contributed by atoms with van der Waals surface area (Å²) in [4.78, 5) is 0. The highest BCUT2D eigenvalue weighted by Crippen LogP contribution is 2.19. The Balaban J connectivity index is 1.96. The summed E-state index contributed by atoms with van der Waals surface area (Å²) in [5, 5.41) is 12.9. The minimum atomic E-state index is -1.04. The molecule has 102 valence electrons. The topological polar surface area (TPSA) is 45.4 Å². The maximum Gasteiger partial charge on any atom is 0.131 e. The summed E-state index contributed by atoms with van der Waals surface area (Å²) < 4.78 is 31.4. The average molecular weight is 267 g/mol. The van der Waals surface area contributed by atoms with Crippen molar-refractivity contribution in [3.8, 4) is 0 Å². The van der Waals surface area contributed by atoms with Crippen molar-refractivity contribution in [3.63, 3.8) is 0 Å². The van der Waals surface area contributed by atoms with Crippen molar-refractivity contribution in [2.45, 2.75) is 19.1 Å². The number of rotatable bonds is 5. The molecule has 0 saturated carbocycles. The first-order valence-corrected chi connectivity index (χ1v) is 5.97. The van der Waals surface area contributed by atoms with Gasteiger partial charge >= 0.3 is 0 Å². The van der Waals surface area contributed by atoms with Crippen molar-refractivity contribution in [1.29, 1.82) is 0 Å². The van der Waals surface area contributed by atoms with E-state index in [0.29, 0.717) is 0 Å². The van der Waals surface area contributed by atoms with Gasteiger partial charge in [-0.25, -0.2) is 8.78 Å². The van der Waals surface area contributed by atoms with E-state index in [2.05, 4.69) is 5.32 Å². The fourth-order valence-electron chi connectivity index (χ4n) is 1.81. The van der Waals surface area contributed by atoms with Crippen molar-refractivity contribution in [2.24, 2.45) is 0 Å². The number of hydrogen-bond acceptors (Lipinski definition) is 3. The predicted molar refractivity (Wildman–Crippen MR) is 66.4 cm³/mol.